The van der Waals surface area contributed by atoms with Crippen molar-refractivity contribution in [3.8, 4) is 5.69 Å². The van der Waals surface area contributed by atoms with Gasteiger partial charge in [0.05, 0.1) is 58.9 Å². The normalized spacial score (nSPS) is 25.1. The van der Waals surface area contributed by atoms with Crippen molar-refractivity contribution in [1.82, 2.24) is 14.7 Å². The fraction of sp³-hybridized carbons (Fsp3) is 0.400. The number of aliphatic hydroxyl groups excluding tert-OH is 1. The number of carbonyl (C=O) groups is 2. The predicted octanol–water partition coefficient (Wildman–Crippen LogP) is 3.95. The average Bonchev–Trinajstić information content (AvgIpc) is 3.81. The van der Waals surface area contributed by atoms with E-state index >= 15 is 0 Å². The monoisotopic (exact) mass is 685 g/mol. The number of nitro benzene ring substituents is 1. The van der Waals surface area contributed by atoms with Crippen LogP contribution >= 0.6 is 0 Å². The molecule has 7 rings (SSSR count). The number of hydrogen-bond donors (Lipinski definition) is 3. The van der Waals surface area contributed by atoms with Crippen molar-refractivity contribution in [1.29, 1.82) is 0 Å². The summed E-state index contributed by atoms with van der Waals surface area (Å²) in [6, 6.07) is 18.4. The van der Waals surface area contributed by atoms with E-state index in [2.05, 4.69) is 5.10 Å². The van der Waals surface area contributed by atoms with E-state index in [-0.39, 0.29) is 42.8 Å². The standard InChI is InChI=1S/C35H39N5O8Si/c1-21-32(49(2,3)47)30(18-31(42)37-16-6-7-25(37)20-41)48-35(21)27-17-24(40(45)46)14-15-29(27)38(34(35)44)19-22-10-12-23(13-11-22)39-33(43)26-8-4-5-9-28(26)36-39/h4-5,8-15,17,21,25,30,32,36,41,47H,6-7,16,18-20H2,1-3H3/t21-,25+,30+,32-,35+/m1/s1. The van der Waals surface area contributed by atoms with Crippen molar-refractivity contribution in [3.05, 3.63) is 98.3 Å². The number of H-pyrrole nitrogens is 1. The lowest BCUT2D eigenvalue weighted by atomic mass is 9.82. The van der Waals surface area contributed by atoms with Crippen molar-refractivity contribution in [2.75, 3.05) is 18.1 Å². The van der Waals surface area contributed by atoms with Crippen LogP contribution in [0.3, 0.4) is 0 Å². The first-order valence-electron chi connectivity index (χ1n) is 16.6. The number of likely N-dealkylation sites (tertiary alicyclic amines) is 1. The Morgan fingerprint density at radius 2 is 1.86 bits per heavy atom. The summed E-state index contributed by atoms with van der Waals surface area (Å²) in [6.07, 6.45) is 0.563. The number of ether oxygens (including phenoxy) is 1. The highest BCUT2D eigenvalue weighted by molar-refractivity contribution is 6.71. The maximum absolute atomic E-state index is 14.8. The second-order valence-electron chi connectivity index (χ2n) is 13.9. The highest BCUT2D eigenvalue weighted by Gasteiger charge is 2.66. The fourth-order valence-electron chi connectivity index (χ4n) is 8.35. The van der Waals surface area contributed by atoms with Gasteiger partial charge in [0.15, 0.2) is 13.9 Å². The van der Waals surface area contributed by atoms with Crippen molar-refractivity contribution >= 4 is 42.4 Å². The number of carbonyl (C=O) groups excluding carboxylic acids is 2. The van der Waals surface area contributed by atoms with Crippen LogP contribution in [0.25, 0.3) is 16.6 Å². The van der Waals surface area contributed by atoms with Crippen molar-refractivity contribution in [2.45, 2.75) is 69.1 Å². The van der Waals surface area contributed by atoms with E-state index in [1.165, 1.54) is 16.8 Å². The number of benzene rings is 3. The van der Waals surface area contributed by atoms with Gasteiger partial charge < -0.3 is 24.4 Å². The van der Waals surface area contributed by atoms with Crippen LogP contribution in [0.15, 0.2) is 71.5 Å². The number of fused-ring (bicyclic) bond motifs is 3. The van der Waals surface area contributed by atoms with Gasteiger partial charge in [0.2, 0.25) is 5.91 Å². The van der Waals surface area contributed by atoms with Crippen LogP contribution in [0.1, 0.15) is 37.3 Å². The lowest BCUT2D eigenvalue weighted by molar-refractivity contribution is -0.385. The van der Waals surface area contributed by atoms with Gasteiger partial charge in [-0.2, -0.15) is 0 Å². The van der Waals surface area contributed by atoms with Crippen LogP contribution in [-0.4, -0.2) is 74.9 Å². The summed E-state index contributed by atoms with van der Waals surface area (Å²) in [4.78, 5) is 67.5. The van der Waals surface area contributed by atoms with Gasteiger partial charge in [-0.15, -0.1) is 0 Å². The number of para-hydroxylation sites is 1. The summed E-state index contributed by atoms with van der Waals surface area (Å²) < 4.78 is 8.19. The maximum Gasteiger partial charge on any atom is 0.279 e. The van der Waals surface area contributed by atoms with Gasteiger partial charge in [0.25, 0.3) is 17.2 Å². The van der Waals surface area contributed by atoms with Crippen LogP contribution in [0.4, 0.5) is 11.4 Å². The van der Waals surface area contributed by atoms with Gasteiger partial charge in [-0.05, 0) is 61.8 Å². The molecule has 2 saturated heterocycles. The Bertz CT molecular complexity index is 2020. The van der Waals surface area contributed by atoms with Gasteiger partial charge >= 0.3 is 0 Å². The Kier molecular flexibility index (Phi) is 8.09. The third kappa shape index (κ3) is 5.30. The number of non-ortho nitro benzene ring substituents is 1. The number of aromatic nitrogens is 2. The minimum absolute atomic E-state index is 0.0869. The van der Waals surface area contributed by atoms with Crippen LogP contribution < -0.4 is 10.5 Å². The first-order valence-corrected chi connectivity index (χ1v) is 19.6. The van der Waals surface area contributed by atoms with Gasteiger partial charge in [0.1, 0.15) is 0 Å². The van der Waals surface area contributed by atoms with Crippen LogP contribution in [0.5, 0.6) is 0 Å². The third-order valence-corrected chi connectivity index (χ3v) is 13.1. The topological polar surface area (TPSA) is 171 Å². The molecule has 0 saturated carbocycles. The number of amides is 2. The molecule has 3 aliphatic heterocycles. The number of aromatic amines is 1. The zero-order chi connectivity index (χ0) is 34.8. The molecule has 3 aliphatic rings. The molecule has 3 N–H and O–H groups in total. The van der Waals surface area contributed by atoms with Crippen molar-refractivity contribution < 1.29 is 29.2 Å². The summed E-state index contributed by atoms with van der Waals surface area (Å²) in [5, 5.41) is 25.5. The predicted molar refractivity (Wildman–Crippen MR) is 184 cm³/mol. The number of rotatable bonds is 8. The Balaban J connectivity index is 1.24. The lowest BCUT2D eigenvalue weighted by Crippen LogP contribution is -2.46. The van der Waals surface area contributed by atoms with E-state index in [0.29, 0.717) is 40.8 Å². The number of hydrogen-bond acceptors (Lipinski definition) is 8. The summed E-state index contributed by atoms with van der Waals surface area (Å²) in [7, 11) is -3.09. The molecule has 3 aromatic carbocycles. The molecule has 0 unspecified atom stereocenters. The highest BCUT2D eigenvalue weighted by Crippen LogP contribution is 2.60. The number of nitrogens with zero attached hydrogens (tertiary/aromatic N) is 4. The molecule has 49 heavy (non-hydrogen) atoms. The smallest absolute Gasteiger partial charge is 0.279 e. The quantitative estimate of drug-likeness (QED) is 0.142. The van der Waals surface area contributed by atoms with Crippen LogP contribution in [0.2, 0.25) is 18.6 Å². The largest absolute Gasteiger partial charge is 0.432 e. The Labute approximate surface area is 283 Å². The third-order valence-electron chi connectivity index (χ3n) is 10.6. The molecule has 0 radical (unpaired) electrons. The minimum atomic E-state index is -3.09. The van der Waals surface area contributed by atoms with E-state index in [9.17, 15) is 34.4 Å². The number of nitro groups is 1. The van der Waals surface area contributed by atoms with Gasteiger partial charge in [0, 0.05) is 35.7 Å². The molecule has 0 aliphatic carbocycles. The highest BCUT2D eigenvalue weighted by atomic mass is 28.4. The van der Waals surface area contributed by atoms with E-state index in [4.69, 9.17) is 4.74 Å². The second kappa shape index (κ2) is 12.1. The molecular weight excluding hydrogens is 646 g/mol. The van der Waals surface area contributed by atoms with Gasteiger partial charge in [-0.3, -0.25) is 29.6 Å². The van der Waals surface area contributed by atoms with E-state index in [1.54, 1.807) is 53.2 Å². The van der Waals surface area contributed by atoms with Crippen molar-refractivity contribution in [3.63, 3.8) is 0 Å². The summed E-state index contributed by atoms with van der Waals surface area (Å²) >= 11 is 0. The molecular formula is C35H39N5O8Si. The molecule has 13 nitrogen and oxygen atoms in total. The number of nitrogens with one attached hydrogen (secondary N) is 1. The molecule has 1 spiro atoms. The van der Waals surface area contributed by atoms with Crippen LogP contribution in [-0.2, 0) is 26.5 Å². The zero-order valence-electron chi connectivity index (χ0n) is 27.5. The Morgan fingerprint density at radius 3 is 2.53 bits per heavy atom. The molecule has 5 atom stereocenters. The van der Waals surface area contributed by atoms with E-state index < -0.39 is 42.3 Å². The number of anilines is 1. The second-order valence-corrected chi connectivity index (χ2v) is 17.9. The SMILES string of the molecule is C[C@@H]1[C@@H]([Si](C)(C)O)[C@H](CC(=O)N2CCC[C@H]2CO)O[C@@]12C(=O)N(Cc1ccc(-n3[nH]c4ccccc4c3=O)cc1)c1ccc([N+](=O)[O-])cc12. The molecule has 0 bridgehead atoms. The molecule has 256 valence electrons. The minimum Gasteiger partial charge on any atom is -0.432 e. The molecule has 1 aromatic heterocycles. The molecule has 2 amide bonds. The average molecular weight is 686 g/mol. The first-order chi connectivity index (χ1) is 23.3. The first kappa shape index (κ1) is 32.9. The van der Waals surface area contributed by atoms with E-state index in [0.717, 1.165) is 12.0 Å². The van der Waals surface area contributed by atoms with Gasteiger partial charge in [-0.25, -0.2) is 4.68 Å². The Hall–Kier alpha value is -4.63. The summed E-state index contributed by atoms with van der Waals surface area (Å²) in [5.41, 5.74) is 0.284. The van der Waals surface area contributed by atoms with Crippen molar-refractivity contribution in [2.24, 2.45) is 5.92 Å². The molecule has 2 fully saturated rings. The van der Waals surface area contributed by atoms with Crippen LogP contribution in [0, 0.1) is 16.0 Å². The lowest BCUT2D eigenvalue weighted by Gasteiger charge is -2.32. The van der Waals surface area contributed by atoms with E-state index in [1.807, 2.05) is 31.2 Å². The maximum atomic E-state index is 14.8. The molecule has 4 aromatic rings. The van der Waals surface area contributed by atoms with Gasteiger partial charge in [-0.1, -0.05) is 31.2 Å². The summed E-state index contributed by atoms with van der Waals surface area (Å²) in [5.74, 6) is -1.25. The fourth-order valence-corrected chi connectivity index (χ4v) is 10.9. The summed E-state index contributed by atoms with van der Waals surface area (Å²) in [6.45, 7) is 5.81. The number of aliphatic hydroxyl groups is 1. The molecule has 14 heteroatoms. The molecule has 4 heterocycles. The zero-order valence-corrected chi connectivity index (χ0v) is 28.5. The Morgan fingerprint density at radius 1 is 1.12 bits per heavy atom.